The van der Waals surface area contributed by atoms with Crippen molar-refractivity contribution >= 4 is 17.2 Å². The van der Waals surface area contributed by atoms with E-state index in [4.69, 9.17) is 4.74 Å². The number of hydrogen-bond donors (Lipinski definition) is 0. The third-order valence-electron chi connectivity index (χ3n) is 4.78. The van der Waals surface area contributed by atoms with Crippen molar-refractivity contribution in [2.24, 2.45) is 11.3 Å². The Morgan fingerprint density at radius 2 is 1.80 bits per heavy atom. The Morgan fingerprint density at radius 1 is 1.30 bits per heavy atom. The summed E-state index contributed by atoms with van der Waals surface area (Å²) in [5.41, 5.74) is -0.249. The van der Waals surface area contributed by atoms with Crippen molar-refractivity contribution in [2.75, 3.05) is 13.1 Å². The Balaban J connectivity index is 0.00000147. The molecule has 2 bridgehead atoms. The molecule has 0 radical (unpaired) electrons. The van der Waals surface area contributed by atoms with Crippen LogP contribution in [0.3, 0.4) is 0 Å². The van der Waals surface area contributed by atoms with Crippen molar-refractivity contribution in [3.8, 4) is 0 Å². The molecule has 0 N–H and O–H groups in total. The monoisotopic (exact) mass is 309 g/mol. The number of hydrogen-bond acceptors (Lipinski definition) is 4. The van der Waals surface area contributed by atoms with Crippen LogP contribution in [0.1, 0.15) is 40.0 Å². The van der Waals surface area contributed by atoms with Crippen molar-refractivity contribution in [3.05, 3.63) is 0 Å². The van der Waals surface area contributed by atoms with Crippen LogP contribution in [0.15, 0.2) is 0 Å². The zero-order chi connectivity index (χ0) is 14.1. The third-order valence-corrected chi connectivity index (χ3v) is 5.92. The zero-order valence-electron chi connectivity index (χ0n) is 12.6. The van der Waals surface area contributed by atoms with Crippen LogP contribution in [0.2, 0.25) is 0 Å². The molecule has 5 nitrogen and oxygen atoms in total. The summed E-state index contributed by atoms with van der Waals surface area (Å²) < 4.78 is 27.0. The van der Waals surface area contributed by atoms with Crippen molar-refractivity contribution < 1.29 is 47.9 Å². The summed E-state index contributed by atoms with van der Waals surface area (Å²) >= 11 is -1.93. The minimum atomic E-state index is -1.93. The van der Waals surface area contributed by atoms with Crippen molar-refractivity contribution in [3.63, 3.8) is 0 Å². The van der Waals surface area contributed by atoms with Crippen LogP contribution in [0.4, 0.5) is 4.79 Å². The number of amides is 1. The first-order valence-corrected chi connectivity index (χ1v) is 7.81. The van der Waals surface area contributed by atoms with E-state index in [1.165, 1.54) is 0 Å². The second-order valence-electron chi connectivity index (χ2n) is 7.39. The average molecular weight is 309 g/mol. The van der Waals surface area contributed by atoms with Gasteiger partial charge in [-0.25, -0.2) is 4.79 Å². The Bertz CT molecular complexity index is 436. The van der Waals surface area contributed by atoms with E-state index in [0.717, 1.165) is 32.4 Å². The first-order chi connectivity index (χ1) is 8.66. The van der Waals surface area contributed by atoms with Gasteiger partial charge in [0, 0.05) is 23.8 Å². The molecule has 7 heteroatoms. The number of ether oxygens (including phenoxy) is 1. The van der Waals surface area contributed by atoms with E-state index in [0.29, 0.717) is 5.92 Å². The van der Waals surface area contributed by atoms with Crippen LogP contribution in [-0.2, 0) is 15.8 Å². The molecule has 0 spiro atoms. The van der Waals surface area contributed by atoms with E-state index in [9.17, 15) is 13.6 Å². The topological polar surface area (TPSA) is 69.7 Å². The molecule has 1 unspecified atom stereocenters. The average Bonchev–Trinajstić information content (AvgIpc) is 1.99. The minimum Gasteiger partial charge on any atom is -0.772 e. The summed E-state index contributed by atoms with van der Waals surface area (Å²) in [6.07, 6.45) is 2.13. The van der Waals surface area contributed by atoms with Crippen LogP contribution in [-0.4, -0.2) is 43.2 Å². The normalized spacial score (nSPS) is 36.9. The number of likely N-dealkylation sites (tertiary alicyclic amines) is 1. The van der Waals surface area contributed by atoms with E-state index >= 15 is 0 Å². The molecule has 1 heterocycles. The molecule has 0 aromatic rings. The van der Waals surface area contributed by atoms with Gasteiger partial charge in [0.05, 0.1) is 0 Å². The fourth-order valence-corrected chi connectivity index (χ4v) is 4.94. The van der Waals surface area contributed by atoms with Crippen LogP contribution in [0.5, 0.6) is 0 Å². The van der Waals surface area contributed by atoms with Gasteiger partial charge in [-0.15, -0.1) is 0 Å². The SMILES string of the molecule is CC(C)(C)OC(=O)N1CC(C23CC(S(=O)[O-])(C2)C3)C1.[Na+]. The quantitative estimate of drug-likeness (QED) is 0.468. The molecule has 3 saturated carbocycles. The van der Waals surface area contributed by atoms with Crippen LogP contribution < -0.4 is 29.6 Å². The van der Waals surface area contributed by atoms with Gasteiger partial charge in [0.25, 0.3) is 0 Å². The summed E-state index contributed by atoms with van der Waals surface area (Å²) in [6.45, 7) is 7.01. The van der Waals surface area contributed by atoms with Gasteiger partial charge in [-0.1, -0.05) is 0 Å². The van der Waals surface area contributed by atoms with Gasteiger partial charge in [-0.3, -0.25) is 4.21 Å². The minimum absolute atomic E-state index is 0. The molecule has 1 saturated heterocycles. The maximum absolute atomic E-state index is 11.8. The van der Waals surface area contributed by atoms with Gasteiger partial charge in [-0.2, -0.15) is 0 Å². The molecular formula is C13H20NNaO4S. The largest absolute Gasteiger partial charge is 1.00 e. The molecule has 1 aliphatic heterocycles. The summed E-state index contributed by atoms with van der Waals surface area (Å²) in [7, 11) is 0. The number of carbonyl (C=O) groups is 1. The molecule has 3 aliphatic carbocycles. The van der Waals surface area contributed by atoms with Crippen LogP contribution in [0, 0.1) is 11.3 Å². The number of rotatable bonds is 2. The predicted octanol–water partition coefficient (Wildman–Crippen LogP) is -1.34. The van der Waals surface area contributed by atoms with Gasteiger partial charge in [0.2, 0.25) is 0 Å². The molecule has 1 amide bonds. The fraction of sp³-hybridized carbons (Fsp3) is 0.923. The van der Waals surface area contributed by atoms with Gasteiger partial charge in [0.15, 0.2) is 0 Å². The molecule has 0 aromatic carbocycles. The molecule has 4 aliphatic rings. The molecule has 4 rings (SSSR count). The molecule has 108 valence electrons. The van der Waals surface area contributed by atoms with E-state index in [1.54, 1.807) is 4.90 Å². The molecule has 4 fully saturated rings. The maximum atomic E-state index is 11.8. The summed E-state index contributed by atoms with van der Waals surface area (Å²) in [4.78, 5) is 13.5. The molecule has 0 aromatic heterocycles. The van der Waals surface area contributed by atoms with E-state index < -0.39 is 21.4 Å². The second kappa shape index (κ2) is 4.95. The summed E-state index contributed by atoms with van der Waals surface area (Å²) in [6, 6.07) is 0. The number of nitrogens with zero attached hydrogens (tertiary/aromatic N) is 1. The Labute approximate surface area is 144 Å². The van der Waals surface area contributed by atoms with E-state index in [1.807, 2.05) is 20.8 Å². The Hall–Kier alpha value is 0.380. The molecule has 1 atom stereocenters. The Morgan fingerprint density at radius 3 is 2.20 bits per heavy atom. The third kappa shape index (κ3) is 2.47. The smallest absolute Gasteiger partial charge is 0.772 e. The molecule has 20 heavy (non-hydrogen) atoms. The maximum Gasteiger partial charge on any atom is 1.00 e. The fourth-order valence-electron chi connectivity index (χ4n) is 3.72. The van der Waals surface area contributed by atoms with Crippen molar-refractivity contribution in [1.82, 2.24) is 4.90 Å². The Kier molecular flexibility index (Phi) is 4.14. The van der Waals surface area contributed by atoms with E-state index in [-0.39, 0.29) is 41.1 Å². The van der Waals surface area contributed by atoms with Crippen molar-refractivity contribution in [2.45, 2.75) is 50.4 Å². The summed E-state index contributed by atoms with van der Waals surface area (Å²) in [5.74, 6) is 0.463. The second-order valence-corrected chi connectivity index (χ2v) is 8.73. The first kappa shape index (κ1) is 16.7. The van der Waals surface area contributed by atoms with E-state index in [2.05, 4.69) is 0 Å². The van der Waals surface area contributed by atoms with Gasteiger partial charge in [-0.05, 0) is 56.5 Å². The molecular weight excluding hydrogens is 289 g/mol. The first-order valence-electron chi connectivity index (χ1n) is 6.73. The predicted molar refractivity (Wildman–Crippen MR) is 69.2 cm³/mol. The standard InChI is InChI=1S/C13H21NO4S.Na/c1-11(2,3)18-10(15)14-4-9(5-14)12-6-13(7-12,8-12)19(16)17;/h9H,4-8H2,1-3H3,(H,16,17);/q;+1/p-1. The van der Waals surface area contributed by atoms with Crippen LogP contribution in [0.25, 0.3) is 0 Å². The zero-order valence-corrected chi connectivity index (χ0v) is 15.4. The van der Waals surface area contributed by atoms with Crippen molar-refractivity contribution in [1.29, 1.82) is 0 Å². The van der Waals surface area contributed by atoms with Gasteiger partial charge >= 0.3 is 35.7 Å². The summed E-state index contributed by atoms with van der Waals surface area (Å²) in [5, 5.41) is 0. The van der Waals surface area contributed by atoms with Gasteiger partial charge in [0.1, 0.15) is 5.60 Å². The van der Waals surface area contributed by atoms with Gasteiger partial charge < -0.3 is 14.2 Å². The number of carbonyl (C=O) groups excluding carboxylic acids is 1. The van der Waals surface area contributed by atoms with Crippen LogP contribution >= 0.6 is 0 Å².